The number of unbranched alkanes of at least 4 members (excludes halogenated alkanes) is 4. The van der Waals surface area contributed by atoms with Gasteiger partial charge in [-0.2, -0.15) is 0 Å². The molecule has 0 aromatic rings. The Hall–Kier alpha value is -1.05. The third-order valence-electron chi connectivity index (χ3n) is 3.49. The van der Waals surface area contributed by atoms with Gasteiger partial charge < -0.3 is 4.90 Å². The van der Waals surface area contributed by atoms with Crippen molar-refractivity contribution in [2.75, 3.05) is 13.6 Å². The number of hydrogen-bond acceptors (Lipinski definition) is 1. The van der Waals surface area contributed by atoms with E-state index < -0.39 is 0 Å². The van der Waals surface area contributed by atoms with Gasteiger partial charge >= 0.3 is 0 Å². The van der Waals surface area contributed by atoms with Crippen LogP contribution in [0.1, 0.15) is 58.3 Å². The smallest absolute Gasteiger partial charge is 0.225 e. The lowest BCUT2D eigenvalue weighted by Gasteiger charge is -2.13. The van der Waals surface area contributed by atoms with Crippen LogP contribution in [0.4, 0.5) is 0 Å². The molecule has 1 saturated carbocycles. The summed E-state index contributed by atoms with van der Waals surface area (Å²) in [7, 11) is 1.90. The number of nitrogens with zero attached hydrogens (tertiary/aromatic N) is 1. The van der Waals surface area contributed by atoms with Gasteiger partial charge in [-0.25, -0.2) is 0 Å². The zero-order chi connectivity index (χ0) is 13.9. The van der Waals surface area contributed by atoms with E-state index in [2.05, 4.69) is 31.2 Å². The standard InChI is InChI=1S/C17H29NO/c1-3-4-5-6-7-8-9-10-11-12-15-18(2)17(19)16-13-14-16/h7-8,11-12,16H,3-6,9-10,13-15H2,1-2H3/b8-7-,12-11+. The monoisotopic (exact) mass is 263 g/mol. The maximum absolute atomic E-state index is 11.7. The van der Waals surface area contributed by atoms with Crippen LogP contribution in [0.3, 0.4) is 0 Å². The van der Waals surface area contributed by atoms with E-state index in [1.807, 2.05) is 11.9 Å². The van der Waals surface area contributed by atoms with Crippen LogP contribution in [0.25, 0.3) is 0 Å². The first kappa shape index (κ1) is 16.0. The molecule has 0 spiro atoms. The predicted molar refractivity (Wildman–Crippen MR) is 82.0 cm³/mol. The first-order valence-corrected chi connectivity index (χ1v) is 7.80. The number of carbonyl (C=O) groups excluding carboxylic acids is 1. The fourth-order valence-corrected chi connectivity index (χ4v) is 2.02. The van der Waals surface area contributed by atoms with E-state index in [1.54, 1.807) is 0 Å². The van der Waals surface area contributed by atoms with E-state index in [1.165, 1.54) is 25.7 Å². The second-order valence-corrected chi connectivity index (χ2v) is 5.51. The lowest BCUT2D eigenvalue weighted by molar-refractivity contribution is -0.130. The van der Waals surface area contributed by atoms with Gasteiger partial charge in [-0.1, -0.05) is 44.1 Å². The second-order valence-electron chi connectivity index (χ2n) is 5.51. The Kier molecular flexibility index (Phi) is 8.28. The Morgan fingerprint density at radius 3 is 2.32 bits per heavy atom. The Balaban J connectivity index is 1.96. The normalized spacial score (nSPS) is 15.5. The average molecular weight is 263 g/mol. The van der Waals surface area contributed by atoms with Gasteiger partial charge in [0.2, 0.25) is 5.91 Å². The lowest BCUT2D eigenvalue weighted by atomic mass is 10.2. The third-order valence-corrected chi connectivity index (χ3v) is 3.49. The number of allylic oxidation sites excluding steroid dienone is 3. The van der Waals surface area contributed by atoms with Crippen LogP contribution >= 0.6 is 0 Å². The summed E-state index contributed by atoms with van der Waals surface area (Å²) in [6.07, 6.45) is 18.4. The van der Waals surface area contributed by atoms with Crippen LogP contribution in [0.15, 0.2) is 24.3 Å². The topological polar surface area (TPSA) is 20.3 Å². The summed E-state index contributed by atoms with van der Waals surface area (Å²) >= 11 is 0. The molecule has 0 N–H and O–H groups in total. The molecule has 1 rings (SSSR count). The van der Waals surface area contributed by atoms with Crippen molar-refractivity contribution >= 4 is 5.91 Å². The molecule has 0 radical (unpaired) electrons. The molecule has 108 valence electrons. The SMILES string of the molecule is CCCCC/C=C\CC/C=C/CN(C)C(=O)C1CC1. The van der Waals surface area contributed by atoms with Gasteiger partial charge in [0.05, 0.1) is 0 Å². The Labute approximate surface area is 118 Å². The van der Waals surface area contributed by atoms with Crippen LogP contribution in [0.2, 0.25) is 0 Å². The van der Waals surface area contributed by atoms with E-state index in [0.29, 0.717) is 11.8 Å². The van der Waals surface area contributed by atoms with Crippen molar-refractivity contribution in [2.24, 2.45) is 5.92 Å². The zero-order valence-corrected chi connectivity index (χ0v) is 12.6. The second kappa shape index (κ2) is 9.82. The summed E-state index contributed by atoms with van der Waals surface area (Å²) in [5.74, 6) is 0.657. The molecule has 0 atom stereocenters. The van der Waals surface area contributed by atoms with E-state index in [4.69, 9.17) is 0 Å². The van der Waals surface area contributed by atoms with E-state index in [-0.39, 0.29) is 0 Å². The lowest BCUT2D eigenvalue weighted by Crippen LogP contribution is -2.27. The summed E-state index contributed by atoms with van der Waals surface area (Å²) in [4.78, 5) is 13.5. The third kappa shape index (κ3) is 7.86. The molecule has 0 aromatic heterocycles. The average Bonchev–Trinajstić information content (AvgIpc) is 3.24. The fraction of sp³-hybridized carbons (Fsp3) is 0.706. The highest BCUT2D eigenvalue weighted by Gasteiger charge is 2.31. The van der Waals surface area contributed by atoms with Gasteiger partial charge in [-0.15, -0.1) is 0 Å². The van der Waals surface area contributed by atoms with Crippen LogP contribution in [0.5, 0.6) is 0 Å². The van der Waals surface area contributed by atoms with Crippen LogP contribution in [-0.2, 0) is 4.79 Å². The van der Waals surface area contributed by atoms with E-state index >= 15 is 0 Å². The molecular weight excluding hydrogens is 234 g/mol. The maximum Gasteiger partial charge on any atom is 0.225 e. The quantitative estimate of drug-likeness (QED) is 0.424. The number of rotatable bonds is 10. The van der Waals surface area contributed by atoms with Crippen molar-refractivity contribution in [3.8, 4) is 0 Å². The Bertz CT molecular complexity index is 302. The number of hydrogen-bond donors (Lipinski definition) is 0. The predicted octanol–water partition coefficient (Wildman–Crippen LogP) is 4.33. The molecule has 0 saturated heterocycles. The molecule has 0 bridgehead atoms. The minimum Gasteiger partial charge on any atom is -0.342 e. The van der Waals surface area contributed by atoms with Crippen LogP contribution in [0, 0.1) is 5.92 Å². The number of amides is 1. The van der Waals surface area contributed by atoms with Crippen LogP contribution in [-0.4, -0.2) is 24.4 Å². The molecular formula is C17H29NO. The highest BCUT2D eigenvalue weighted by molar-refractivity contribution is 5.80. The molecule has 1 aliphatic carbocycles. The van der Waals surface area contributed by atoms with Gasteiger partial charge in [0.15, 0.2) is 0 Å². The molecule has 1 amide bonds. The van der Waals surface area contributed by atoms with Crippen LogP contribution < -0.4 is 0 Å². The van der Waals surface area contributed by atoms with Gasteiger partial charge in [0.25, 0.3) is 0 Å². The van der Waals surface area contributed by atoms with Crippen molar-refractivity contribution in [3.05, 3.63) is 24.3 Å². The molecule has 0 aliphatic heterocycles. The molecule has 19 heavy (non-hydrogen) atoms. The summed E-state index contributed by atoms with van der Waals surface area (Å²) in [5.41, 5.74) is 0. The van der Waals surface area contributed by atoms with Gasteiger partial charge in [-0.05, 0) is 38.5 Å². The summed E-state index contributed by atoms with van der Waals surface area (Å²) < 4.78 is 0. The first-order chi connectivity index (χ1) is 9.25. The molecule has 2 nitrogen and oxygen atoms in total. The molecule has 1 aliphatic rings. The minimum absolute atomic E-state index is 0.320. The Morgan fingerprint density at radius 2 is 1.68 bits per heavy atom. The Morgan fingerprint density at radius 1 is 1.05 bits per heavy atom. The zero-order valence-electron chi connectivity index (χ0n) is 12.6. The van der Waals surface area contributed by atoms with Crippen molar-refractivity contribution in [2.45, 2.75) is 58.3 Å². The van der Waals surface area contributed by atoms with Gasteiger partial charge in [0, 0.05) is 19.5 Å². The van der Waals surface area contributed by atoms with Crippen molar-refractivity contribution in [1.29, 1.82) is 0 Å². The molecule has 1 fully saturated rings. The highest BCUT2D eigenvalue weighted by Crippen LogP contribution is 2.30. The van der Waals surface area contributed by atoms with Gasteiger partial charge in [0.1, 0.15) is 0 Å². The minimum atomic E-state index is 0.320. The number of carbonyl (C=O) groups is 1. The van der Waals surface area contributed by atoms with Gasteiger partial charge in [-0.3, -0.25) is 4.79 Å². The molecule has 2 heteroatoms. The summed E-state index contributed by atoms with van der Waals surface area (Å²) in [5, 5.41) is 0. The first-order valence-electron chi connectivity index (χ1n) is 7.80. The highest BCUT2D eigenvalue weighted by atomic mass is 16.2. The van der Waals surface area contributed by atoms with Crippen molar-refractivity contribution in [1.82, 2.24) is 4.90 Å². The molecule has 0 aromatic carbocycles. The molecule has 0 unspecified atom stereocenters. The van der Waals surface area contributed by atoms with Crippen molar-refractivity contribution < 1.29 is 4.79 Å². The molecule has 0 heterocycles. The fourth-order valence-electron chi connectivity index (χ4n) is 2.02. The number of likely N-dealkylation sites (N-methyl/N-ethyl adjacent to an activating group) is 1. The van der Waals surface area contributed by atoms with E-state index in [9.17, 15) is 4.79 Å². The summed E-state index contributed by atoms with van der Waals surface area (Å²) in [6.45, 7) is 3.00. The van der Waals surface area contributed by atoms with Crippen molar-refractivity contribution in [3.63, 3.8) is 0 Å². The summed E-state index contributed by atoms with van der Waals surface area (Å²) in [6, 6.07) is 0. The largest absolute Gasteiger partial charge is 0.342 e. The van der Waals surface area contributed by atoms with E-state index in [0.717, 1.165) is 32.2 Å². The maximum atomic E-state index is 11.7.